The maximum absolute atomic E-state index is 12.0. The van der Waals surface area contributed by atoms with E-state index in [0.717, 1.165) is 6.07 Å². The number of imidazole rings is 1. The van der Waals surface area contributed by atoms with Crippen LogP contribution in [0, 0.1) is 0 Å². The first-order valence-corrected chi connectivity index (χ1v) is 6.77. The minimum atomic E-state index is -3.75. The van der Waals surface area contributed by atoms with Gasteiger partial charge in [0.05, 0.1) is 23.3 Å². The highest BCUT2D eigenvalue weighted by atomic mass is 32.2. The van der Waals surface area contributed by atoms with Crippen molar-refractivity contribution in [3.05, 3.63) is 48.0 Å². The number of nitrogens with zero attached hydrogens (tertiary/aromatic N) is 1. The van der Waals surface area contributed by atoms with Crippen molar-refractivity contribution in [3.8, 4) is 0 Å². The largest absolute Gasteiger partial charge is 0.478 e. The molecule has 0 aliphatic rings. The van der Waals surface area contributed by atoms with Gasteiger partial charge in [0.25, 0.3) is 0 Å². The Balaban J connectivity index is 2.19. The minimum absolute atomic E-state index is 0.0552. The molecule has 100 valence electrons. The summed E-state index contributed by atoms with van der Waals surface area (Å²) in [5.74, 6) is -1.18. The fourth-order valence-corrected chi connectivity index (χ4v) is 2.49. The lowest BCUT2D eigenvalue weighted by molar-refractivity contribution is 0.0696. The van der Waals surface area contributed by atoms with E-state index in [9.17, 15) is 13.2 Å². The topological polar surface area (TPSA) is 112 Å². The second-order valence-electron chi connectivity index (χ2n) is 3.73. The zero-order valence-electron chi connectivity index (χ0n) is 9.70. The van der Waals surface area contributed by atoms with Gasteiger partial charge in [-0.3, -0.25) is 0 Å². The van der Waals surface area contributed by atoms with Crippen molar-refractivity contribution >= 4 is 16.0 Å². The molecule has 0 saturated carbocycles. The maximum Gasteiger partial charge on any atom is 0.335 e. The first-order valence-electron chi connectivity index (χ1n) is 5.29. The quantitative estimate of drug-likeness (QED) is 0.742. The predicted molar refractivity (Wildman–Crippen MR) is 66.0 cm³/mol. The summed E-state index contributed by atoms with van der Waals surface area (Å²) in [6, 6.07) is 5.16. The van der Waals surface area contributed by atoms with Crippen LogP contribution in [0.25, 0.3) is 0 Å². The van der Waals surface area contributed by atoms with Crippen molar-refractivity contribution < 1.29 is 18.3 Å². The Bertz CT molecular complexity index is 680. The van der Waals surface area contributed by atoms with Crippen LogP contribution in [0.15, 0.2) is 41.7 Å². The summed E-state index contributed by atoms with van der Waals surface area (Å²) >= 11 is 0. The van der Waals surface area contributed by atoms with Crippen LogP contribution in [0.4, 0.5) is 0 Å². The van der Waals surface area contributed by atoms with Crippen LogP contribution < -0.4 is 4.72 Å². The highest BCUT2D eigenvalue weighted by Gasteiger charge is 2.15. The lowest BCUT2D eigenvalue weighted by Crippen LogP contribution is -2.23. The minimum Gasteiger partial charge on any atom is -0.478 e. The molecular formula is C11H11N3O4S. The molecule has 0 aliphatic carbocycles. The third-order valence-electron chi connectivity index (χ3n) is 2.40. The van der Waals surface area contributed by atoms with Crippen molar-refractivity contribution in [1.29, 1.82) is 0 Å². The van der Waals surface area contributed by atoms with Gasteiger partial charge in [0.1, 0.15) is 0 Å². The van der Waals surface area contributed by atoms with E-state index in [4.69, 9.17) is 5.11 Å². The van der Waals surface area contributed by atoms with Crippen molar-refractivity contribution in [3.63, 3.8) is 0 Å². The van der Waals surface area contributed by atoms with Crippen LogP contribution >= 0.6 is 0 Å². The Kier molecular flexibility index (Phi) is 3.63. The van der Waals surface area contributed by atoms with Gasteiger partial charge in [0.15, 0.2) is 0 Å². The number of carbonyl (C=O) groups is 1. The number of H-pyrrole nitrogens is 1. The number of nitrogens with one attached hydrogen (secondary N) is 2. The van der Waals surface area contributed by atoms with Crippen LogP contribution in [0.2, 0.25) is 0 Å². The summed E-state index contributed by atoms with van der Waals surface area (Å²) in [4.78, 5) is 17.2. The second-order valence-corrected chi connectivity index (χ2v) is 5.50. The Hall–Kier alpha value is -2.19. The summed E-state index contributed by atoms with van der Waals surface area (Å²) in [6.45, 7) is 0.0552. The van der Waals surface area contributed by atoms with E-state index in [1.165, 1.54) is 30.7 Å². The summed E-state index contributed by atoms with van der Waals surface area (Å²) in [6.07, 6.45) is 2.94. The molecule has 0 radical (unpaired) electrons. The molecule has 0 spiro atoms. The van der Waals surface area contributed by atoms with E-state index in [-0.39, 0.29) is 17.0 Å². The molecule has 2 aromatic rings. The molecule has 1 heterocycles. The van der Waals surface area contributed by atoms with Gasteiger partial charge in [-0.15, -0.1) is 0 Å². The van der Waals surface area contributed by atoms with Crippen molar-refractivity contribution in [1.82, 2.24) is 14.7 Å². The standard InChI is InChI=1S/C11H11N3O4S/c15-11(16)8-2-1-3-10(4-8)19(17,18)14-6-9-5-12-7-13-9/h1-5,7,14H,6H2,(H,12,13)(H,15,16). The number of aromatic carboxylic acids is 1. The number of carboxylic acids is 1. The molecule has 0 fully saturated rings. The van der Waals surface area contributed by atoms with E-state index in [0.29, 0.717) is 5.69 Å². The first-order chi connectivity index (χ1) is 8.99. The molecular weight excluding hydrogens is 270 g/mol. The molecule has 0 aliphatic heterocycles. The van der Waals surface area contributed by atoms with Gasteiger partial charge in [-0.25, -0.2) is 22.9 Å². The molecule has 1 aromatic carbocycles. The van der Waals surface area contributed by atoms with Crippen molar-refractivity contribution in [2.45, 2.75) is 11.4 Å². The molecule has 1 aromatic heterocycles. The zero-order chi connectivity index (χ0) is 13.9. The highest BCUT2D eigenvalue weighted by molar-refractivity contribution is 7.89. The van der Waals surface area contributed by atoms with Gasteiger partial charge < -0.3 is 10.1 Å². The van der Waals surface area contributed by atoms with Gasteiger partial charge in [0, 0.05) is 11.9 Å². The normalized spacial score (nSPS) is 11.4. The fraction of sp³-hybridized carbons (Fsp3) is 0.0909. The SMILES string of the molecule is O=C(O)c1cccc(S(=O)(=O)NCc2cnc[nH]2)c1. The third kappa shape index (κ3) is 3.18. The number of rotatable bonds is 5. The van der Waals surface area contributed by atoms with Gasteiger partial charge in [-0.05, 0) is 18.2 Å². The molecule has 7 nitrogen and oxygen atoms in total. The number of benzene rings is 1. The molecule has 8 heteroatoms. The lowest BCUT2D eigenvalue weighted by Gasteiger charge is -2.06. The summed E-state index contributed by atoms with van der Waals surface area (Å²) in [7, 11) is -3.75. The van der Waals surface area contributed by atoms with E-state index >= 15 is 0 Å². The second kappa shape index (κ2) is 5.21. The number of hydrogen-bond acceptors (Lipinski definition) is 4. The number of aromatic nitrogens is 2. The molecule has 19 heavy (non-hydrogen) atoms. The first kappa shape index (κ1) is 13.2. The van der Waals surface area contributed by atoms with Crippen molar-refractivity contribution in [2.75, 3.05) is 0 Å². The van der Waals surface area contributed by atoms with E-state index < -0.39 is 16.0 Å². The van der Waals surface area contributed by atoms with Gasteiger partial charge in [-0.1, -0.05) is 6.07 Å². The smallest absolute Gasteiger partial charge is 0.335 e. The summed E-state index contributed by atoms with van der Waals surface area (Å²) in [5.41, 5.74) is 0.530. The summed E-state index contributed by atoms with van der Waals surface area (Å²) < 4.78 is 26.3. The Labute approximate surface area is 109 Å². The van der Waals surface area contributed by atoms with Crippen LogP contribution in [0.3, 0.4) is 0 Å². The third-order valence-corrected chi connectivity index (χ3v) is 3.80. The zero-order valence-corrected chi connectivity index (χ0v) is 10.5. The number of aromatic amines is 1. The lowest BCUT2D eigenvalue weighted by atomic mass is 10.2. The molecule has 0 unspecified atom stereocenters. The van der Waals surface area contributed by atoms with Crippen molar-refractivity contribution in [2.24, 2.45) is 0 Å². The Morgan fingerprint density at radius 3 is 2.84 bits per heavy atom. The van der Waals surface area contributed by atoms with E-state index in [2.05, 4.69) is 14.7 Å². The molecule has 0 bridgehead atoms. The molecule has 3 N–H and O–H groups in total. The highest BCUT2D eigenvalue weighted by Crippen LogP contribution is 2.11. The van der Waals surface area contributed by atoms with Crippen LogP contribution in [0.5, 0.6) is 0 Å². The average molecular weight is 281 g/mol. The Morgan fingerprint density at radius 2 is 2.21 bits per heavy atom. The van der Waals surface area contributed by atoms with Gasteiger partial charge in [-0.2, -0.15) is 0 Å². The molecule has 0 amide bonds. The molecule has 0 saturated heterocycles. The van der Waals surface area contributed by atoms with Crippen LogP contribution in [0.1, 0.15) is 16.1 Å². The number of hydrogen-bond donors (Lipinski definition) is 3. The van der Waals surface area contributed by atoms with Crippen LogP contribution in [-0.4, -0.2) is 29.5 Å². The number of carboxylic acid groups (broad SMARTS) is 1. The maximum atomic E-state index is 12.0. The monoisotopic (exact) mass is 281 g/mol. The van der Waals surface area contributed by atoms with Gasteiger partial charge in [0.2, 0.25) is 10.0 Å². The van der Waals surface area contributed by atoms with Gasteiger partial charge >= 0.3 is 5.97 Å². The predicted octanol–water partition coefficient (Wildman–Crippen LogP) is 0.586. The Morgan fingerprint density at radius 1 is 1.42 bits per heavy atom. The van der Waals surface area contributed by atoms with E-state index in [1.54, 1.807) is 0 Å². The van der Waals surface area contributed by atoms with Crippen LogP contribution in [-0.2, 0) is 16.6 Å². The van der Waals surface area contributed by atoms with E-state index in [1.807, 2.05) is 0 Å². The number of sulfonamides is 1. The average Bonchev–Trinajstić information content (AvgIpc) is 2.90. The fourth-order valence-electron chi connectivity index (χ4n) is 1.43. The summed E-state index contributed by atoms with van der Waals surface area (Å²) in [5, 5.41) is 8.83. The molecule has 2 rings (SSSR count). The molecule has 0 atom stereocenters.